The molecule has 2 bridgehead atoms. The summed E-state index contributed by atoms with van der Waals surface area (Å²) in [5.41, 5.74) is -3.17. The molecule has 2 aliphatic rings. The van der Waals surface area contributed by atoms with Gasteiger partial charge in [0, 0.05) is 14.3 Å². The third kappa shape index (κ3) is 0.975. The van der Waals surface area contributed by atoms with Crippen molar-refractivity contribution < 1.29 is 0 Å². The van der Waals surface area contributed by atoms with Gasteiger partial charge < -0.3 is 0 Å². The van der Waals surface area contributed by atoms with E-state index >= 15 is 0 Å². The van der Waals surface area contributed by atoms with Gasteiger partial charge in [0.25, 0.3) is 0 Å². The van der Waals surface area contributed by atoms with E-state index in [0.717, 1.165) is 11.1 Å². The Labute approximate surface area is 138 Å². The number of rotatable bonds is 0. The SMILES string of the molecule is CC1=C(C)[C@]2(C)C(C#N)(C#N)C(C#N)(C#N)[C@@]1(C)C2(C)I. The minimum absolute atomic E-state index is 0.581. The zero-order valence-electron chi connectivity index (χ0n) is 12.7. The maximum atomic E-state index is 9.85. The van der Waals surface area contributed by atoms with Gasteiger partial charge in [0.1, 0.15) is 0 Å². The van der Waals surface area contributed by atoms with Crippen LogP contribution in [0.4, 0.5) is 0 Å². The third-order valence-corrected chi connectivity index (χ3v) is 8.83. The van der Waals surface area contributed by atoms with Crippen LogP contribution in [0.2, 0.25) is 0 Å². The average Bonchev–Trinajstić information content (AvgIpc) is 2.64. The summed E-state index contributed by atoms with van der Waals surface area (Å²) in [6, 6.07) is 8.31. The number of hydrogen-bond acceptors (Lipinski definition) is 4. The van der Waals surface area contributed by atoms with Crippen molar-refractivity contribution in [3.05, 3.63) is 11.1 Å². The van der Waals surface area contributed by atoms with Crippen molar-refractivity contribution in [2.75, 3.05) is 0 Å². The molecule has 0 N–H and O–H groups in total. The maximum Gasteiger partial charge on any atom is 0.186 e. The van der Waals surface area contributed by atoms with Crippen LogP contribution < -0.4 is 0 Å². The van der Waals surface area contributed by atoms with Gasteiger partial charge in [-0.1, -0.05) is 47.6 Å². The van der Waals surface area contributed by atoms with E-state index in [1.165, 1.54) is 0 Å². The molecule has 0 aromatic heterocycles. The molecule has 0 aliphatic heterocycles. The molecule has 0 spiro atoms. The number of halogens is 1. The van der Waals surface area contributed by atoms with E-state index in [1.54, 1.807) is 0 Å². The third-order valence-electron chi connectivity index (χ3n) is 6.67. The molecule has 0 saturated heterocycles. The highest BCUT2D eigenvalue weighted by Crippen LogP contribution is 2.85. The standard InChI is InChI=1S/C16H15IN4/c1-10-11(2)13(4)14(5,17)12(10,3)15(6-18,7-19)16(13,8-20)9-21/h1-5H3/t12-,13+,14?. The molecule has 21 heavy (non-hydrogen) atoms. The van der Waals surface area contributed by atoms with Gasteiger partial charge in [-0.05, 0) is 20.8 Å². The van der Waals surface area contributed by atoms with Gasteiger partial charge in [0.05, 0.1) is 24.3 Å². The summed E-state index contributed by atoms with van der Waals surface area (Å²) in [6.45, 7) is 9.49. The first kappa shape index (κ1) is 15.8. The summed E-state index contributed by atoms with van der Waals surface area (Å²) < 4.78 is -0.581. The lowest BCUT2D eigenvalue weighted by Gasteiger charge is -2.44. The molecule has 2 rings (SSSR count). The molecule has 3 atom stereocenters. The molecule has 4 nitrogen and oxygen atoms in total. The molecule has 5 heteroatoms. The van der Waals surface area contributed by atoms with E-state index < -0.39 is 25.1 Å². The average molecular weight is 390 g/mol. The zero-order chi connectivity index (χ0) is 16.5. The molecule has 1 unspecified atom stereocenters. The summed E-state index contributed by atoms with van der Waals surface area (Å²) in [5.74, 6) is 0. The normalized spacial score (nSPS) is 41.8. The van der Waals surface area contributed by atoms with Crippen LogP contribution in [0.1, 0.15) is 34.6 Å². The van der Waals surface area contributed by atoms with Gasteiger partial charge in [-0.3, -0.25) is 0 Å². The zero-order valence-corrected chi connectivity index (χ0v) is 14.8. The van der Waals surface area contributed by atoms with Crippen molar-refractivity contribution in [1.29, 1.82) is 21.0 Å². The fourth-order valence-corrected chi connectivity index (χ4v) is 6.42. The topological polar surface area (TPSA) is 95.2 Å². The fraction of sp³-hybridized carbons (Fsp3) is 0.625. The van der Waals surface area contributed by atoms with Crippen LogP contribution in [0.25, 0.3) is 0 Å². The van der Waals surface area contributed by atoms with E-state index in [0.29, 0.717) is 0 Å². The van der Waals surface area contributed by atoms with Gasteiger partial charge in [-0.15, -0.1) is 0 Å². The quantitative estimate of drug-likeness (QED) is 0.359. The number of alkyl halides is 1. The van der Waals surface area contributed by atoms with Crippen molar-refractivity contribution in [2.45, 2.75) is 38.0 Å². The summed E-state index contributed by atoms with van der Waals surface area (Å²) in [6.07, 6.45) is 0. The van der Waals surface area contributed by atoms with E-state index in [2.05, 4.69) is 46.9 Å². The Morgan fingerprint density at radius 1 is 0.714 bits per heavy atom. The van der Waals surface area contributed by atoms with Crippen molar-refractivity contribution in [1.82, 2.24) is 0 Å². The largest absolute Gasteiger partial charge is 0.196 e. The smallest absolute Gasteiger partial charge is 0.186 e. The fourth-order valence-electron chi connectivity index (χ4n) is 4.80. The van der Waals surface area contributed by atoms with E-state index in [1.807, 2.05) is 34.6 Å². The first-order chi connectivity index (χ1) is 9.56. The van der Waals surface area contributed by atoms with E-state index in [4.69, 9.17) is 0 Å². The van der Waals surface area contributed by atoms with Crippen LogP contribution in [0, 0.1) is 67.0 Å². The second-order valence-electron chi connectivity index (χ2n) is 6.45. The number of allylic oxidation sites excluding steroid dienone is 2. The molecular weight excluding hydrogens is 375 g/mol. The maximum absolute atomic E-state index is 9.85. The predicted octanol–water partition coefficient (Wildman–Crippen LogP) is 3.62. The van der Waals surface area contributed by atoms with E-state index in [-0.39, 0.29) is 0 Å². The van der Waals surface area contributed by atoms with Crippen molar-refractivity contribution in [3.63, 3.8) is 0 Å². The van der Waals surface area contributed by atoms with Gasteiger partial charge in [-0.25, -0.2) is 0 Å². The molecule has 1 fully saturated rings. The Morgan fingerprint density at radius 3 is 1.14 bits per heavy atom. The lowest BCUT2D eigenvalue weighted by molar-refractivity contribution is 0.155. The first-order valence-electron chi connectivity index (χ1n) is 6.58. The van der Waals surface area contributed by atoms with E-state index in [9.17, 15) is 21.0 Å². The highest BCUT2D eigenvalue weighted by atomic mass is 127. The molecule has 2 aliphatic carbocycles. The predicted molar refractivity (Wildman–Crippen MR) is 84.3 cm³/mol. The van der Waals surface area contributed by atoms with Crippen LogP contribution in [-0.2, 0) is 0 Å². The molecule has 0 aromatic rings. The second-order valence-corrected chi connectivity index (χ2v) is 8.61. The number of nitriles is 4. The van der Waals surface area contributed by atoms with Crippen molar-refractivity contribution in [3.8, 4) is 24.3 Å². The molecule has 0 radical (unpaired) electrons. The minimum atomic E-state index is -1.68. The van der Waals surface area contributed by atoms with Gasteiger partial charge in [0.2, 0.25) is 0 Å². The summed E-state index contributed by atoms with van der Waals surface area (Å²) in [7, 11) is 0. The van der Waals surface area contributed by atoms with Crippen LogP contribution in [-0.4, -0.2) is 3.42 Å². The molecular formula is C16H15IN4. The van der Waals surface area contributed by atoms with Crippen molar-refractivity contribution >= 4 is 22.6 Å². The second kappa shape index (κ2) is 3.79. The minimum Gasteiger partial charge on any atom is -0.196 e. The number of hydrogen-bond donors (Lipinski definition) is 0. The molecule has 0 amide bonds. The van der Waals surface area contributed by atoms with Crippen LogP contribution in [0.15, 0.2) is 11.1 Å². The van der Waals surface area contributed by atoms with Crippen LogP contribution in [0.5, 0.6) is 0 Å². The first-order valence-corrected chi connectivity index (χ1v) is 7.66. The van der Waals surface area contributed by atoms with Gasteiger partial charge in [0.15, 0.2) is 10.8 Å². The Balaban J connectivity index is 3.20. The molecule has 1 saturated carbocycles. The van der Waals surface area contributed by atoms with Crippen molar-refractivity contribution in [2.24, 2.45) is 21.7 Å². The van der Waals surface area contributed by atoms with Crippen LogP contribution >= 0.6 is 22.6 Å². The summed E-state index contributed by atoms with van der Waals surface area (Å²) in [4.78, 5) is 0. The number of nitrogens with zero attached hydrogens (tertiary/aromatic N) is 4. The lowest BCUT2D eigenvalue weighted by atomic mass is 9.49. The Hall–Kier alpha value is -1.57. The molecule has 0 heterocycles. The highest BCUT2D eigenvalue weighted by Gasteiger charge is 2.89. The highest BCUT2D eigenvalue weighted by molar-refractivity contribution is 14.1. The Kier molecular flexibility index (Phi) is 2.85. The molecule has 106 valence electrons. The van der Waals surface area contributed by atoms with Gasteiger partial charge >= 0.3 is 0 Å². The summed E-state index contributed by atoms with van der Waals surface area (Å²) in [5, 5.41) is 39.4. The lowest BCUT2D eigenvalue weighted by Crippen LogP contribution is -2.51. The monoisotopic (exact) mass is 390 g/mol. The Bertz CT molecular complexity index is 659. The molecule has 0 aromatic carbocycles. The van der Waals surface area contributed by atoms with Crippen LogP contribution in [0.3, 0.4) is 0 Å². The number of fused-ring (bicyclic) bond motifs is 2. The Morgan fingerprint density at radius 2 is 0.952 bits per heavy atom. The summed E-state index contributed by atoms with van der Waals surface area (Å²) >= 11 is 2.24. The van der Waals surface area contributed by atoms with Gasteiger partial charge in [-0.2, -0.15) is 21.0 Å².